The van der Waals surface area contributed by atoms with Gasteiger partial charge in [0.05, 0.1) is 5.56 Å². The van der Waals surface area contributed by atoms with Crippen molar-refractivity contribution in [3.05, 3.63) is 45.4 Å². The maximum absolute atomic E-state index is 11.7. The van der Waals surface area contributed by atoms with Crippen molar-refractivity contribution in [1.82, 2.24) is 5.32 Å². The minimum absolute atomic E-state index is 0.0787. The first-order chi connectivity index (χ1) is 7.15. The van der Waals surface area contributed by atoms with E-state index in [2.05, 4.69) is 43.8 Å². The Balaban J connectivity index is 2.72. The zero-order chi connectivity index (χ0) is 11.3. The summed E-state index contributed by atoms with van der Waals surface area (Å²) in [7, 11) is 0. The van der Waals surface area contributed by atoms with Crippen molar-refractivity contribution in [3.63, 3.8) is 0 Å². The second kappa shape index (κ2) is 6.08. The largest absolute Gasteiger partial charge is 0.352 e. The first-order valence-electron chi connectivity index (χ1n) is 4.49. The van der Waals surface area contributed by atoms with Crippen molar-refractivity contribution in [3.8, 4) is 0 Å². The molecule has 1 aromatic rings. The molecule has 0 fully saturated rings. The lowest BCUT2D eigenvalue weighted by Crippen LogP contribution is -2.24. The minimum Gasteiger partial charge on any atom is -0.352 e. The van der Waals surface area contributed by atoms with Gasteiger partial charge in [0.25, 0.3) is 5.91 Å². The molecule has 80 valence electrons. The van der Waals surface area contributed by atoms with Crippen LogP contribution in [0.2, 0.25) is 0 Å². The molecular formula is C11H11Br2NO. The number of carbonyl (C=O) groups excluding carboxylic acids is 1. The smallest absolute Gasteiger partial charge is 0.252 e. The molecular weight excluding hydrogens is 322 g/mol. The van der Waals surface area contributed by atoms with Gasteiger partial charge in [-0.1, -0.05) is 22.0 Å². The monoisotopic (exact) mass is 331 g/mol. The predicted octanol–water partition coefficient (Wildman–Crippen LogP) is 3.52. The summed E-state index contributed by atoms with van der Waals surface area (Å²) in [5, 5.41) is 2.81. The molecule has 1 N–H and O–H groups in total. The standard InChI is InChI=1S/C11H11Br2NO/c1-2-3-6-14-11(15)9-7-8(12)4-5-10(9)13/h2,4-5,7H,1,3,6H2,(H,14,15). The molecule has 0 aliphatic heterocycles. The highest BCUT2D eigenvalue weighted by atomic mass is 79.9. The molecule has 0 aliphatic carbocycles. The third-order valence-electron chi connectivity index (χ3n) is 1.81. The van der Waals surface area contributed by atoms with E-state index >= 15 is 0 Å². The predicted molar refractivity (Wildman–Crippen MR) is 69.0 cm³/mol. The number of amides is 1. The van der Waals surface area contributed by atoms with E-state index in [0.29, 0.717) is 12.1 Å². The summed E-state index contributed by atoms with van der Waals surface area (Å²) in [5.74, 6) is -0.0787. The number of nitrogens with one attached hydrogen (secondary N) is 1. The second-order valence-electron chi connectivity index (χ2n) is 2.96. The molecule has 0 unspecified atom stereocenters. The summed E-state index contributed by atoms with van der Waals surface area (Å²) >= 11 is 6.67. The van der Waals surface area contributed by atoms with Crippen molar-refractivity contribution >= 4 is 37.8 Å². The van der Waals surface area contributed by atoms with Crippen LogP contribution in [0.15, 0.2) is 39.8 Å². The van der Waals surface area contributed by atoms with Crippen LogP contribution in [-0.2, 0) is 0 Å². The Labute approximate surface area is 106 Å². The molecule has 0 bridgehead atoms. The summed E-state index contributed by atoms with van der Waals surface area (Å²) in [6.45, 7) is 4.21. The fourth-order valence-electron chi connectivity index (χ4n) is 1.05. The Hall–Kier alpha value is -0.610. The van der Waals surface area contributed by atoms with E-state index in [-0.39, 0.29) is 5.91 Å². The van der Waals surface area contributed by atoms with Crippen LogP contribution in [0.25, 0.3) is 0 Å². The maximum Gasteiger partial charge on any atom is 0.252 e. The van der Waals surface area contributed by atoms with Crippen molar-refractivity contribution in [1.29, 1.82) is 0 Å². The lowest BCUT2D eigenvalue weighted by molar-refractivity contribution is 0.0953. The van der Waals surface area contributed by atoms with Gasteiger partial charge in [-0.15, -0.1) is 6.58 Å². The van der Waals surface area contributed by atoms with Gasteiger partial charge < -0.3 is 5.32 Å². The Morgan fingerprint density at radius 2 is 2.20 bits per heavy atom. The Morgan fingerprint density at radius 3 is 2.87 bits per heavy atom. The number of hydrogen-bond donors (Lipinski definition) is 1. The van der Waals surface area contributed by atoms with Crippen molar-refractivity contribution in [2.24, 2.45) is 0 Å². The summed E-state index contributed by atoms with van der Waals surface area (Å²) in [4.78, 5) is 11.7. The van der Waals surface area contributed by atoms with Gasteiger partial charge in [0, 0.05) is 15.5 Å². The van der Waals surface area contributed by atoms with Gasteiger partial charge >= 0.3 is 0 Å². The average Bonchev–Trinajstić information content (AvgIpc) is 2.22. The van der Waals surface area contributed by atoms with Gasteiger partial charge in [-0.25, -0.2) is 0 Å². The van der Waals surface area contributed by atoms with Crippen LogP contribution in [0.4, 0.5) is 0 Å². The Morgan fingerprint density at radius 1 is 1.47 bits per heavy atom. The van der Waals surface area contributed by atoms with Crippen molar-refractivity contribution in [2.45, 2.75) is 6.42 Å². The third kappa shape index (κ3) is 3.80. The van der Waals surface area contributed by atoms with E-state index in [4.69, 9.17) is 0 Å². The molecule has 0 saturated heterocycles. The number of halogens is 2. The number of hydrogen-bond acceptors (Lipinski definition) is 1. The lowest BCUT2D eigenvalue weighted by atomic mass is 10.2. The molecule has 0 spiro atoms. The fourth-order valence-corrected chi connectivity index (χ4v) is 1.84. The summed E-state index contributed by atoms with van der Waals surface area (Å²) in [6, 6.07) is 5.50. The van der Waals surface area contributed by atoms with E-state index in [9.17, 15) is 4.79 Å². The fraction of sp³-hybridized carbons (Fsp3) is 0.182. The summed E-state index contributed by atoms with van der Waals surface area (Å²) in [6.07, 6.45) is 2.55. The normalized spacial score (nSPS) is 9.73. The summed E-state index contributed by atoms with van der Waals surface area (Å²) in [5.41, 5.74) is 0.633. The van der Waals surface area contributed by atoms with Crippen LogP contribution < -0.4 is 5.32 Å². The third-order valence-corrected chi connectivity index (χ3v) is 2.99. The molecule has 0 aromatic heterocycles. The van der Waals surface area contributed by atoms with E-state index in [0.717, 1.165) is 15.4 Å². The molecule has 0 aliphatic rings. The molecule has 15 heavy (non-hydrogen) atoms. The maximum atomic E-state index is 11.7. The first-order valence-corrected chi connectivity index (χ1v) is 6.08. The highest BCUT2D eigenvalue weighted by molar-refractivity contribution is 9.11. The van der Waals surface area contributed by atoms with Crippen molar-refractivity contribution in [2.75, 3.05) is 6.54 Å². The second-order valence-corrected chi connectivity index (χ2v) is 4.73. The SMILES string of the molecule is C=CCCNC(=O)c1cc(Br)ccc1Br. The number of carbonyl (C=O) groups is 1. The van der Waals surface area contributed by atoms with Crippen LogP contribution in [-0.4, -0.2) is 12.5 Å². The molecule has 0 radical (unpaired) electrons. The Kier molecular flexibility index (Phi) is 5.05. The highest BCUT2D eigenvalue weighted by Crippen LogP contribution is 2.21. The van der Waals surface area contributed by atoms with Gasteiger partial charge in [0.1, 0.15) is 0 Å². The molecule has 0 heterocycles. The van der Waals surface area contributed by atoms with E-state index in [1.165, 1.54) is 0 Å². The van der Waals surface area contributed by atoms with Crippen molar-refractivity contribution < 1.29 is 4.79 Å². The minimum atomic E-state index is -0.0787. The topological polar surface area (TPSA) is 29.1 Å². The first kappa shape index (κ1) is 12.5. The number of benzene rings is 1. The highest BCUT2D eigenvalue weighted by Gasteiger charge is 2.09. The van der Waals surface area contributed by atoms with Gasteiger partial charge in [0.15, 0.2) is 0 Å². The lowest BCUT2D eigenvalue weighted by Gasteiger charge is -2.06. The van der Waals surface area contributed by atoms with Crippen LogP contribution in [0.3, 0.4) is 0 Å². The van der Waals surface area contributed by atoms with Crippen LogP contribution >= 0.6 is 31.9 Å². The molecule has 0 saturated carbocycles. The molecule has 1 aromatic carbocycles. The number of rotatable bonds is 4. The quantitative estimate of drug-likeness (QED) is 0.663. The van der Waals surface area contributed by atoms with Crippen LogP contribution in [0.1, 0.15) is 16.8 Å². The van der Waals surface area contributed by atoms with E-state index in [1.807, 2.05) is 12.1 Å². The zero-order valence-corrected chi connectivity index (χ0v) is 11.3. The average molecular weight is 333 g/mol. The van der Waals surface area contributed by atoms with Gasteiger partial charge in [-0.05, 0) is 40.5 Å². The molecule has 2 nitrogen and oxygen atoms in total. The Bertz CT molecular complexity index is 377. The molecule has 0 atom stereocenters. The van der Waals surface area contributed by atoms with Crippen LogP contribution in [0, 0.1) is 0 Å². The summed E-state index contributed by atoms with van der Waals surface area (Å²) < 4.78 is 1.68. The van der Waals surface area contributed by atoms with E-state index < -0.39 is 0 Å². The van der Waals surface area contributed by atoms with Gasteiger partial charge in [-0.2, -0.15) is 0 Å². The molecule has 1 amide bonds. The van der Waals surface area contributed by atoms with E-state index in [1.54, 1.807) is 12.1 Å². The van der Waals surface area contributed by atoms with Gasteiger partial charge in [0.2, 0.25) is 0 Å². The van der Waals surface area contributed by atoms with Crippen LogP contribution in [0.5, 0.6) is 0 Å². The molecule has 4 heteroatoms. The zero-order valence-electron chi connectivity index (χ0n) is 8.09. The molecule has 1 rings (SSSR count). The van der Waals surface area contributed by atoms with Gasteiger partial charge in [-0.3, -0.25) is 4.79 Å².